The van der Waals surface area contributed by atoms with Gasteiger partial charge >= 0.3 is 5.97 Å². The summed E-state index contributed by atoms with van der Waals surface area (Å²) in [5.41, 5.74) is 0.887. The lowest BCUT2D eigenvalue weighted by Gasteiger charge is -2.02. The lowest BCUT2D eigenvalue weighted by atomic mass is 10.1. The first-order valence-electron chi connectivity index (χ1n) is 5.32. The molecule has 1 heterocycles. The molecule has 1 aromatic heterocycles. The largest absolute Gasteiger partial charge is 0.477 e. The first kappa shape index (κ1) is 12.5. The van der Waals surface area contributed by atoms with Crippen molar-refractivity contribution in [2.45, 2.75) is 6.42 Å². The first-order chi connectivity index (χ1) is 8.65. The Morgan fingerprint density at radius 1 is 1.50 bits per heavy atom. The van der Waals surface area contributed by atoms with Crippen molar-refractivity contribution in [3.8, 4) is 0 Å². The van der Waals surface area contributed by atoms with E-state index in [1.165, 1.54) is 18.3 Å². The van der Waals surface area contributed by atoms with Crippen LogP contribution in [0.5, 0.6) is 0 Å². The second-order valence-electron chi connectivity index (χ2n) is 3.64. The number of anilines is 1. The van der Waals surface area contributed by atoms with Gasteiger partial charge in [-0.3, -0.25) is 0 Å². The van der Waals surface area contributed by atoms with Crippen LogP contribution >= 0.6 is 11.3 Å². The van der Waals surface area contributed by atoms with Gasteiger partial charge in [0.25, 0.3) is 0 Å². The van der Waals surface area contributed by atoms with Crippen molar-refractivity contribution < 1.29 is 14.3 Å². The maximum atomic E-state index is 12.9. The van der Waals surface area contributed by atoms with Crippen molar-refractivity contribution in [2.24, 2.45) is 0 Å². The Kier molecular flexibility index (Phi) is 3.88. The summed E-state index contributed by atoms with van der Waals surface area (Å²) < 4.78 is 12.9. The minimum atomic E-state index is -0.981. The van der Waals surface area contributed by atoms with Crippen molar-refractivity contribution in [1.82, 2.24) is 4.98 Å². The minimum absolute atomic E-state index is 0.197. The Labute approximate surface area is 107 Å². The maximum Gasteiger partial charge on any atom is 0.347 e. The fourth-order valence-corrected chi connectivity index (χ4v) is 2.14. The summed E-state index contributed by atoms with van der Waals surface area (Å²) in [6, 6.07) is 6.38. The molecule has 2 rings (SSSR count). The highest BCUT2D eigenvalue weighted by molar-refractivity contribution is 7.17. The predicted octanol–water partition coefficient (Wildman–Crippen LogP) is 2.64. The number of aromatic nitrogens is 1. The number of nitrogens with one attached hydrogen (secondary N) is 1. The molecule has 0 fully saturated rings. The molecule has 0 unspecified atom stereocenters. The van der Waals surface area contributed by atoms with Gasteiger partial charge in [0.2, 0.25) is 0 Å². The zero-order valence-electron chi connectivity index (χ0n) is 9.39. The van der Waals surface area contributed by atoms with Crippen LogP contribution in [-0.2, 0) is 6.42 Å². The molecule has 0 saturated carbocycles. The van der Waals surface area contributed by atoms with E-state index in [1.807, 2.05) is 6.07 Å². The summed E-state index contributed by atoms with van der Waals surface area (Å²) in [6.07, 6.45) is 1.97. The van der Waals surface area contributed by atoms with Crippen molar-refractivity contribution in [3.05, 3.63) is 46.7 Å². The molecule has 0 amide bonds. The van der Waals surface area contributed by atoms with Crippen LogP contribution in [0.3, 0.4) is 0 Å². The molecule has 6 heteroatoms. The van der Waals surface area contributed by atoms with E-state index in [1.54, 1.807) is 6.07 Å². The smallest absolute Gasteiger partial charge is 0.347 e. The van der Waals surface area contributed by atoms with Crippen LogP contribution in [-0.4, -0.2) is 22.6 Å². The lowest BCUT2D eigenvalue weighted by molar-refractivity contribution is 0.0702. The second kappa shape index (κ2) is 5.59. The summed E-state index contributed by atoms with van der Waals surface area (Å²) in [6.45, 7) is 0.579. The van der Waals surface area contributed by atoms with E-state index in [9.17, 15) is 9.18 Å². The highest BCUT2D eigenvalue weighted by atomic mass is 32.1. The third-order valence-electron chi connectivity index (χ3n) is 2.30. The molecule has 0 aliphatic heterocycles. The van der Waals surface area contributed by atoms with Gasteiger partial charge in [-0.25, -0.2) is 14.2 Å². The fraction of sp³-hybridized carbons (Fsp3) is 0.167. The Hall–Kier alpha value is -1.95. The van der Waals surface area contributed by atoms with Crippen LogP contribution < -0.4 is 5.32 Å². The van der Waals surface area contributed by atoms with Crippen LogP contribution in [0, 0.1) is 5.82 Å². The number of nitrogens with zero attached hydrogens (tertiary/aromatic N) is 1. The van der Waals surface area contributed by atoms with E-state index in [-0.39, 0.29) is 10.7 Å². The number of carboxylic acids is 1. The monoisotopic (exact) mass is 266 g/mol. The van der Waals surface area contributed by atoms with Gasteiger partial charge in [-0.15, -0.1) is 0 Å². The van der Waals surface area contributed by atoms with Crippen LogP contribution in [0.4, 0.5) is 9.52 Å². The van der Waals surface area contributed by atoms with Gasteiger partial charge in [0.1, 0.15) is 10.7 Å². The maximum absolute atomic E-state index is 12.9. The number of aromatic carboxylic acids is 1. The minimum Gasteiger partial charge on any atom is -0.477 e. The quantitative estimate of drug-likeness (QED) is 0.873. The van der Waals surface area contributed by atoms with Crippen molar-refractivity contribution in [2.75, 3.05) is 11.9 Å². The van der Waals surface area contributed by atoms with E-state index >= 15 is 0 Å². The van der Waals surface area contributed by atoms with Crippen LogP contribution in [0.2, 0.25) is 0 Å². The molecule has 0 aliphatic rings. The van der Waals surface area contributed by atoms with E-state index in [0.29, 0.717) is 18.1 Å². The fourth-order valence-electron chi connectivity index (χ4n) is 1.46. The molecule has 0 atom stereocenters. The Bertz CT molecular complexity index is 557. The Morgan fingerprint density at radius 3 is 3.00 bits per heavy atom. The predicted molar refractivity (Wildman–Crippen MR) is 67.7 cm³/mol. The molecule has 0 aliphatic carbocycles. The molecule has 2 aromatic rings. The summed E-state index contributed by atoms with van der Waals surface area (Å²) in [5, 5.41) is 12.3. The molecule has 0 radical (unpaired) electrons. The average Bonchev–Trinajstić information content (AvgIpc) is 2.78. The molecule has 4 nitrogen and oxygen atoms in total. The number of halogens is 1. The third kappa shape index (κ3) is 3.27. The summed E-state index contributed by atoms with van der Waals surface area (Å²) >= 11 is 1.08. The number of benzene rings is 1. The summed E-state index contributed by atoms with van der Waals surface area (Å²) in [5.74, 6) is -1.24. The number of thiazole rings is 1. The van der Waals surface area contributed by atoms with E-state index in [2.05, 4.69) is 10.3 Å². The molecular weight excluding hydrogens is 255 g/mol. The number of rotatable bonds is 5. The number of hydrogen-bond donors (Lipinski definition) is 2. The van der Waals surface area contributed by atoms with Crippen LogP contribution in [0.15, 0.2) is 30.5 Å². The highest BCUT2D eigenvalue weighted by Crippen LogP contribution is 2.17. The zero-order valence-corrected chi connectivity index (χ0v) is 10.2. The first-order valence-corrected chi connectivity index (χ1v) is 6.14. The average molecular weight is 266 g/mol. The highest BCUT2D eigenvalue weighted by Gasteiger charge is 2.07. The number of carbonyl (C=O) groups is 1. The van der Waals surface area contributed by atoms with Crippen molar-refractivity contribution >= 4 is 22.4 Å². The molecule has 0 saturated heterocycles. The Balaban J connectivity index is 1.86. The molecule has 2 N–H and O–H groups in total. The molecule has 18 heavy (non-hydrogen) atoms. The van der Waals surface area contributed by atoms with E-state index in [0.717, 1.165) is 16.9 Å². The third-order valence-corrected chi connectivity index (χ3v) is 3.24. The normalized spacial score (nSPS) is 10.3. The van der Waals surface area contributed by atoms with Gasteiger partial charge in [-0.05, 0) is 24.1 Å². The zero-order chi connectivity index (χ0) is 13.0. The topological polar surface area (TPSA) is 62.2 Å². The summed E-state index contributed by atoms with van der Waals surface area (Å²) in [7, 11) is 0. The second-order valence-corrected chi connectivity index (χ2v) is 4.67. The van der Waals surface area contributed by atoms with Gasteiger partial charge in [0.15, 0.2) is 5.13 Å². The molecular formula is C12H11FN2O2S. The van der Waals surface area contributed by atoms with Crippen LogP contribution in [0.25, 0.3) is 0 Å². The van der Waals surface area contributed by atoms with Gasteiger partial charge in [0, 0.05) is 6.54 Å². The number of hydrogen-bond acceptors (Lipinski definition) is 4. The van der Waals surface area contributed by atoms with Gasteiger partial charge in [-0.1, -0.05) is 23.5 Å². The standard InChI is InChI=1S/C12H11FN2O2S/c13-9-3-1-2-8(6-9)4-5-14-12-15-7-10(18-12)11(16)17/h1-3,6-7H,4-5H2,(H,14,15)(H,16,17). The SMILES string of the molecule is O=C(O)c1cnc(NCCc2cccc(F)c2)s1. The summed E-state index contributed by atoms with van der Waals surface area (Å²) in [4.78, 5) is 14.8. The lowest BCUT2D eigenvalue weighted by Crippen LogP contribution is -2.04. The van der Waals surface area contributed by atoms with E-state index in [4.69, 9.17) is 5.11 Å². The molecule has 0 spiro atoms. The van der Waals surface area contributed by atoms with Crippen LogP contribution in [0.1, 0.15) is 15.2 Å². The van der Waals surface area contributed by atoms with Gasteiger partial charge in [0.05, 0.1) is 6.20 Å². The van der Waals surface area contributed by atoms with Crippen molar-refractivity contribution in [1.29, 1.82) is 0 Å². The van der Waals surface area contributed by atoms with Gasteiger partial charge < -0.3 is 10.4 Å². The Morgan fingerprint density at radius 2 is 2.33 bits per heavy atom. The van der Waals surface area contributed by atoms with Gasteiger partial charge in [-0.2, -0.15) is 0 Å². The molecule has 1 aromatic carbocycles. The van der Waals surface area contributed by atoms with E-state index < -0.39 is 5.97 Å². The number of carboxylic acid groups (broad SMARTS) is 1. The molecule has 94 valence electrons. The van der Waals surface area contributed by atoms with Crippen molar-refractivity contribution in [3.63, 3.8) is 0 Å². The molecule has 0 bridgehead atoms.